The molecule has 0 radical (unpaired) electrons. The van der Waals surface area contributed by atoms with E-state index in [-0.39, 0.29) is 0 Å². The first-order chi connectivity index (χ1) is 9.75. The molecule has 0 aromatic heterocycles. The molecule has 0 aliphatic rings. The molecule has 2 aromatic rings. The predicted octanol–water partition coefficient (Wildman–Crippen LogP) is 3.93. The van der Waals surface area contributed by atoms with Crippen LogP contribution in [0.3, 0.4) is 0 Å². The molecular formula is C17H21ClN2. The third-order valence-electron chi connectivity index (χ3n) is 3.31. The van der Waals surface area contributed by atoms with Crippen molar-refractivity contribution in [1.82, 2.24) is 4.90 Å². The standard InChI is InChI=1S/C17H21ClN2/c1-20(13-11-15-7-3-2-4-8-15)14-12-19-17-10-6-5-9-16(17)18/h2-10,19H,11-14H2,1H3. The van der Waals surface area contributed by atoms with E-state index in [0.717, 1.165) is 36.8 Å². The van der Waals surface area contributed by atoms with Crippen molar-refractivity contribution < 1.29 is 0 Å². The molecule has 0 heterocycles. The van der Waals surface area contributed by atoms with Gasteiger partial charge in [-0.2, -0.15) is 0 Å². The maximum Gasteiger partial charge on any atom is 0.0637 e. The number of para-hydroxylation sites is 1. The Balaban J connectivity index is 1.68. The van der Waals surface area contributed by atoms with Crippen LogP contribution in [-0.4, -0.2) is 31.6 Å². The van der Waals surface area contributed by atoms with Crippen LogP contribution in [-0.2, 0) is 6.42 Å². The fourth-order valence-corrected chi connectivity index (χ4v) is 2.26. The summed E-state index contributed by atoms with van der Waals surface area (Å²) in [6.45, 7) is 2.96. The average molecular weight is 289 g/mol. The SMILES string of the molecule is CN(CCNc1ccccc1Cl)CCc1ccccc1. The molecule has 3 heteroatoms. The van der Waals surface area contributed by atoms with Gasteiger partial charge in [0.05, 0.1) is 10.7 Å². The smallest absolute Gasteiger partial charge is 0.0637 e. The van der Waals surface area contributed by atoms with Crippen molar-refractivity contribution in [3.63, 3.8) is 0 Å². The van der Waals surface area contributed by atoms with Gasteiger partial charge in [0.2, 0.25) is 0 Å². The van der Waals surface area contributed by atoms with E-state index in [2.05, 4.69) is 47.6 Å². The van der Waals surface area contributed by atoms with Crippen LogP contribution in [0.15, 0.2) is 54.6 Å². The highest BCUT2D eigenvalue weighted by molar-refractivity contribution is 6.33. The molecule has 106 valence electrons. The van der Waals surface area contributed by atoms with Gasteiger partial charge in [0, 0.05) is 19.6 Å². The Hall–Kier alpha value is -1.51. The van der Waals surface area contributed by atoms with Crippen molar-refractivity contribution in [2.75, 3.05) is 32.0 Å². The molecule has 0 aliphatic carbocycles. The first-order valence-electron chi connectivity index (χ1n) is 6.96. The quantitative estimate of drug-likeness (QED) is 0.830. The van der Waals surface area contributed by atoms with E-state index >= 15 is 0 Å². The van der Waals surface area contributed by atoms with Crippen LogP contribution < -0.4 is 5.32 Å². The molecule has 0 amide bonds. The van der Waals surface area contributed by atoms with Crippen LogP contribution in [0.4, 0.5) is 5.69 Å². The minimum atomic E-state index is 0.777. The van der Waals surface area contributed by atoms with Crippen molar-refractivity contribution in [2.45, 2.75) is 6.42 Å². The third kappa shape index (κ3) is 4.87. The highest BCUT2D eigenvalue weighted by Crippen LogP contribution is 2.19. The highest BCUT2D eigenvalue weighted by atomic mass is 35.5. The van der Waals surface area contributed by atoms with Gasteiger partial charge in [-0.05, 0) is 31.2 Å². The van der Waals surface area contributed by atoms with Gasteiger partial charge < -0.3 is 10.2 Å². The minimum Gasteiger partial charge on any atom is -0.383 e. The van der Waals surface area contributed by atoms with E-state index in [1.807, 2.05) is 24.3 Å². The molecule has 0 saturated carbocycles. The van der Waals surface area contributed by atoms with Gasteiger partial charge >= 0.3 is 0 Å². The Morgan fingerprint density at radius 1 is 0.950 bits per heavy atom. The lowest BCUT2D eigenvalue weighted by Crippen LogP contribution is -2.27. The van der Waals surface area contributed by atoms with Gasteiger partial charge in [0.1, 0.15) is 0 Å². The summed E-state index contributed by atoms with van der Waals surface area (Å²) in [4.78, 5) is 2.33. The second kappa shape index (κ2) is 7.93. The summed E-state index contributed by atoms with van der Waals surface area (Å²) >= 11 is 6.10. The van der Waals surface area contributed by atoms with Gasteiger partial charge in [-0.3, -0.25) is 0 Å². The van der Waals surface area contributed by atoms with Crippen LogP contribution in [0.1, 0.15) is 5.56 Å². The Morgan fingerprint density at radius 3 is 2.40 bits per heavy atom. The monoisotopic (exact) mass is 288 g/mol. The number of hydrogen-bond donors (Lipinski definition) is 1. The molecule has 0 fully saturated rings. The minimum absolute atomic E-state index is 0.777. The Morgan fingerprint density at radius 2 is 1.65 bits per heavy atom. The van der Waals surface area contributed by atoms with Gasteiger partial charge in [-0.15, -0.1) is 0 Å². The highest BCUT2D eigenvalue weighted by Gasteiger charge is 2.01. The Kier molecular flexibility index (Phi) is 5.90. The van der Waals surface area contributed by atoms with Gasteiger partial charge in [0.25, 0.3) is 0 Å². The first-order valence-corrected chi connectivity index (χ1v) is 7.34. The summed E-state index contributed by atoms with van der Waals surface area (Å²) in [6.07, 6.45) is 1.09. The number of hydrogen-bond acceptors (Lipinski definition) is 2. The van der Waals surface area contributed by atoms with Crippen molar-refractivity contribution in [1.29, 1.82) is 0 Å². The van der Waals surface area contributed by atoms with Crippen LogP contribution >= 0.6 is 11.6 Å². The second-order valence-electron chi connectivity index (χ2n) is 4.95. The van der Waals surface area contributed by atoms with Gasteiger partial charge in [-0.1, -0.05) is 54.1 Å². The van der Waals surface area contributed by atoms with Gasteiger partial charge in [-0.25, -0.2) is 0 Å². The van der Waals surface area contributed by atoms with Crippen LogP contribution in [0.25, 0.3) is 0 Å². The zero-order valence-corrected chi connectivity index (χ0v) is 12.6. The van der Waals surface area contributed by atoms with Crippen molar-refractivity contribution in [3.05, 3.63) is 65.2 Å². The summed E-state index contributed by atoms with van der Waals surface area (Å²) in [6, 6.07) is 18.4. The topological polar surface area (TPSA) is 15.3 Å². The number of rotatable bonds is 7. The molecule has 0 atom stereocenters. The van der Waals surface area contributed by atoms with Crippen LogP contribution in [0.2, 0.25) is 5.02 Å². The molecular weight excluding hydrogens is 268 g/mol. The first kappa shape index (κ1) is 14.9. The fourth-order valence-electron chi connectivity index (χ4n) is 2.06. The number of nitrogens with one attached hydrogen (secondary N) is 1. The average Bonchev–Trinajstić information content (AvgIpc) is 2.48. The largest absolute Gasteiger partial charge is 0.383 e. The molecule has 0 spiro atoms. The lowest BCUT2D eigenvalue weighted by molar-refractivity contribution is 0.351. The summed E-state index contributed by atoms with van der Waals surface area (Å²) in [5.41, 5.74) is 2.39. The number of benzene rings is 2. The number of halogens is 1. The van der Waals surface area contributed by atoms with E-state index in [1.54, 1.807) is 0 Å². The van der Waals surface area contributed by atoms with Crippen molar-refractivity contribution in [3.8, 4) is 0 Å². The molecule has 0 unspecified atom stereocenters. The molecule has 2 nitrogen and oxygen atoms in total. The maximum absolute atomic E-state index is 6.10. The lowest BCUT2D eigenvalue weighted by Gasteiger charge is -2.17. The van der Waals surface area contributed by atoms with Crippen LogP contribution in [0, 0.1) is 0 Å². The van der Waals surface area contributed by atoms with E-state index < -0.39 is 0 Å². The molecule has 0 bridgehead atoms. The van der Waals surface area contributed by atoms with E-state index in [9.17, 15) is 0 Å². The summed E-state index contributed by atoms with van der Waals surface area (Å²) in [5, 5.41) is 4.15. The Bertz CT molecular complexity index is 513. The summed E-state index contributed by atoms with van der Waals surface area (Å²) in [5.74, 6) is 0. The molecule has 0 aliphatic heterocycles. The zero-order valence-electron chi connectivity index (χ0n) is 11.8. The number of likely N-dealkylation sites (N-methyl/N-ethyl adjacent to an activating group) is 1. The van der Waals surface area contributed by atoms with E-state index in [0.29, 0.717) is 0 Å². The van der Waals surface area contributed by atoms with Crippen molar-refractivity contribution >= 4 is 17.3 Å². The van der Waals surface area contributed by atoms with E-state index in [1.165, 1.54) is 5.56 Å². The molecule has 20 heavy (non-hydrogen) atoms. The normalized spacial score (nSPS) is 10.8. The summed E-state index contributed by atoms with van der Waals surface area (Å²) < 4.78 is 0. The zero-order chi connectivity index (χ0) is 14.2. The lowest BCUT2D eigenvalue weighted by atomic mass is 10.1. The maximum atomic E-state index is 6.10. The van der Waals surface area contributed by atoms with Gasteiger partial charge in [0.15, 0.2) is 0 Å². The molecule has 1 N–H and O–H groups in total. The second-order valence-corrected chi connectivity index (χ2v) is 5.35. The molecule has 0 saturated heterocycles. The number of anilines is 1. The van der Waals surface area contributed by atoms with Crippen molar-refractivity contribution in [2.24, 2.45) is 0 Å². The molecule has 2 rings (SSSR count). The third-order valence-corrected chi connectivity index (χ3v) is 3.64. The van der Waals surface area contributed by atoms with E-state index in [4.69, 9.17) is 11.6 Å². The summed E-state index contributed by atoms with van der Waals surface area (Å²) in [7, 11) is 2.15. The number of nitrogens with zero attached hydrogens (tertiary/aromatic N) is 1. The van der Waals surface area contributed by atoms with Crippen LogP contribution in [0.5, 0.6) is 0 Å². The Labute approximate surface area is 126 Å². The predicted molar refractivity (Wildman–Crippen MR) is 87.6 cm³/mol. The fraction of sp³-hybridized carbons (Fsp3) is 0.294. The molecule has 2 aromatic carbocycles.